The molecule has 2 aliphatic heterocycles. The summed E-state index contributed by atoms with van der Waals surface area (Å²) in [6.07, 6.45) is 7.41. The second-order valence-corrected chi connectivity index (χ2v) is 11.3. The van der Waals surface area contributed by atoms with Crippen LogP contribution in [0.2, 0.25) is 0 Å². The van der Waals surface area contributed by atoms with Crippen molar-refractivity contribution in [1.82, 2.24) is 15.5 Å². The molecule has 37 heavy (non-hydrogen) atoms. The van der Waals surface area contributed by atoms with Gasteiger partial charge in [-0.1, -0.05) is 49.3 Å². The molecule has 4 rings (SSSR count). The van der Waals surface area contributed by atoms with E-state index in [1.807, 2.05) is 36.4 Å². The van der Waals surface area contributed by atoms with Gasteiger partial charge in [0.05, 0.1) is 0 Å². The van der Waals surface area contributed by atoms with Gasteiger partial charge in [-0.2, -0.15) is 0 Å². The molecule has 3 N–H and O–H groups in total. The summed E-state index contributed by atoms with van der Waals surface area (Å²) in [4.78, 5) is 53.8. The molecule has 3 amide bonds. The number of alkyl carbamates (subject to hydrolysis) is 1. The lowest BCUT2D eigenvalue weighted by Gasteiger charge is -2.38. The summed E-state index contributed by atoms with van der Waals surface area (Å²) >= 11 is 0. The van der Waals surface area contributed by atoms with Crippen LogP contribution in [0.15, 0.2) is 36.4 Å². The highest BCUT2D eigenvalue weighted by molar-refractivity contribution is 5.96. The molecule has 1 unspecified atom stereocenters. The Balaban J connectivity index is 1.66. The normalized spacial score (nSPS) is 29.3. The van der Waals surface area contributed by atoms with E-state index in [4.69, 9.17) is 4.74 Å². The molecule has 9 nitrogen and oxygen atoms in total. The van der Waals surface area contributed by atoms with Crippen molar-refractivity contribution in [2.45, 2.75) is 95.5 Å². The van der Waals surface area contributed by atoms with E-state index in [9.17, 15) is 24.3 Å². The number of carbonyl (C=O) groups is 4. The largest absolute Gasteiger partial charge is 0.479 e. The minimum atomic E-state index is -1.35. The Morgan fingerprint density at radius 1 is 1.14 bits per heavy atom. The van der Waals surface area contributed by atoms with Crippen LogP contribution in [0.5, 0.6) is 0 Å². The predicted molar refractivity (Wildman–Crippen MR) is 136 cm³/mol. The lowest BCUT2D eigenvalue weighted by Crippen LogP contribution is -2.60. The summed E-state index contributed by atoms with van der Waals surface area (Å²) in [5.41, 5.74) is -0.211. The molecule has 0 aromatic heterocycles. The van der Waals surface area contributed by atoms with Gasteiger partial charge < -0.3 is 25.4 Å². The van der Waals surface area contributed by atoms with Gasteiger partial charge in [-0.15, -0.1) is 0 Å². The van der Waals surface area contributed by atoms with E-state index in [0.717, 1.165) is 30.4 Å². The number of rotatable bonds is 2. The topological polar surface area (TPSA) is 125 Å². The monoisotopic (exact) mass is 511 g/mol. The van der Waals surface area contributed by atoms with E-state index in [1.54, 1.807) is 20.8 Å². The third-order valence-corrected chi connectivity index (χ3v) is 7.30. The second-order valence-electron chi connectivity index (χ2n) is 11.3. The number of hydrogen-bond donors (Lipinski definition) is 3. The van der Waals surface area contributed by atoms with Gasteiger partial charge in [0.1, 0.15) is 23.2 Å². The first-order chi connectivity index (χ1) is 17.5. The molecule has 1 aliphatic carbocycles. The predicted octanol–water partition coefficient (Wildman–Crippen LogP) is 3.31. The number of carbonyl (C=O) groups excluding carboxylic acids is 3. The minimum absolute atomic E-state index is 0.197. The molecule has 1 saturated carbocycles. The van der Waals surface area contributed by atoms with E-state index in [1.165, 1.54) is 4.90 Å². The Labute approximate surface area is 217 Å². The number of fused-ring (bicyclic) bond motifs is 3. The highest BCUT2D eigenvalue weighted by atomic mass is 16.6. The van der Waals surface area contributed by atoms with Crippen LogP contribution in [0, 0.1) is 5.92 Å². The molecule has 1 aromatic carbocycles. The van der Waals surface area contributed by atoms with Gasteiger partial charge in [-0.25, -0.2) is 9.59 Å². The molecule has 1 aromatic rings. The van der Waals surface area contributed by atoms with Gasteiger partial charge in [0.25, 0.3) is 0 Å². The van der Waals surface area contributed by atoms with Crippen LogP contribution in [-0.2, 0) is 32.1 Å². The van der Waals surface area contributed by atoms with Crippen molar-refractivity contribution in [1.29, 1.82) is 0 Å². The van der Waals surface area contributed by atoms with Crippen molar-refractivity contribution >= 4 is 23.9 Å². The van der Waals surface area contributed by atoms with Crippen LogP contribution < -0.4 is 10.6 Å². The molecule has 3 aliphatic rings. The van der Waals surface area contributed by atoms with Gasteiger partial charge >= 0.3 is 12.1 Å². The zero-order chi connectivity index (χ0) is 26.8. The minimum Gasteiger partial charge on any atom is -0.479 e. The summed E-state index contributed by atoms with van der Waals surface area (Å²) in [7, 11) is 0. The zero-order valence-electron chi connectivity index (χ0n) is 21.8. The van der Waals surface area contributed by atoms with Gasteiger partial charge in [-0.3, -0.25) is 9.59 Å². The fourth-order valence-electron chi connectivity index (χ4n) is 5.21. The average Bonchev–Trinajstić information content (AvgIpc) is 3.53. The molecule has 0 radical (unpaired) electrons. The van der Waals surface area contributed by atoms with Crippen LogP contribution in [0.25, 0.3) is 0 Å². The fourth-order valence-corrected chi connectivity index (χ4v) is 5.21. The van der Waals surface area contributed by atoms with Crippen molar-refractivity contribution in [3.63, 3.8) is 0 Å². The number of aliphatic carboxylic acids is 1. The fraction of sp³-hybridized carbons (Fsp3) is 0.571. The van der Waals surface area contributed by atoms with Crippen LogP contribution in [0.3, 0.4) is 0 Å². The first kappa shape index (κ1) is 26.7. The van der Waals surface area contributed by atoms with Gasteiger partial charge in [0.15, 0.2) is 0 Å². The van der Waals surface area contributed by atoms with E-state index >= 15 is 0 Å². The van der Waals surface area contributed by atoms with Gasteiger partial charge in [0, 0.05) is 18.9 Å². The Morgan fingerprint density at radius 3 is 2.57 bits per heavy atom. The number of carboxylic acids is 1. The Hall–Kier alpha value is -3.36. The second kappa shape index (κ2) is 10.6. The summed E-state index contributed by atoms with van der Waals surface area (Å²) in [6.45, 7) is 5.46. The average molecular weight is 512 g/mol. The summed E-state index contributed by atoms with van der Waals surface area (Å²) in [5.74, 6) is -2.21. The molecule has 200 valence electrons. The summed E-state index contributed by atoms with van der Waals surface area (Å²) in [5, 5.41) is 15.5. The molecular formula is C28H37N3O6. The third kappa shape index (κ3) is 6.14. The Morgan fingerprint density at radius 2 is 1.86 bits per heavy atom. The van der Waals surface area contributed by atoms with Crippen LogP contribution in [0.1, 0.15) is 70.4 Å². The Kier molecular flexibility index (Phi) is 7.62. The molecule has 1 fully saturated rings. The number of nitrogens with one attached hydrogen (secondary N) is 2. The molecule has 4 atom stereocenters. The van der Waals surface area contributed by atoms with Crippen LogP contribution in [0.4, 0.5) is 4.79 Å². The maximum atomic E-state index is 13.9. The lowest BCUT2D eigenvalue weighted by atomic mass is 9.92. The van der Waals surface area contributed by atoms with Gasteiger partial charge in [0.2, 0.25) is 11.8 Å². The van der Waals surface area contributed by atoms with Crippen molar-refractivity contribution in [3.8, 4) is 0 Å². The number of amides is 3. The van der Waals surface area contributed by atoms with Crippen molar-refractivity contribution in [2.75, 3.05) is 0 Å². The Bertz CT molecular complexity index is 1090. The first-order valence-corrected chi connectivity index (χ1v) is 13.1. The maximum absolute atomic E-state index is 13.9. The molecule has 0 spiro atoms. The molecule has 9 heteroatoms. The van der Waals surface area contributed by atoms with Crippen LogP contribution in [-0.4, -0.2) is 57.1 Å². The highest BCUT2D eigenvalue weighted by Crippen LogP contribution is 2.45. The molecule has 0 saturated heterocycles. The smallest absolute Gasteiger partial charge is 0.408 e. The molecule has 0 bridgehead atoms. The van der Waals surface area contributed by atoms with E-state index < -0.39 is 41.2 Å². The van der Waals surface area contributed by atoms with E-state index in [2.05, 4.69) is 10.6 Å². The van der Waals surface area contributed by atoms with Crippen LogP contribution >= 0.6 is 0 Å². The number of nitrogens with zero attached hydrogens (tertiary/aromatic N) is 1. The van der Waals surface area contributed by atoms with Gasteiger partial charge in [-0.05, 0) is 57.6 Å². The maximum Gasteiger partial charge on any atom is 0.408 e. The first-order valence-electron chi connectivity index (χ1n) is 13.1. The zero-order valence-corrected chi connectivity index (χ0v) is 21.8. The molecule has 2 heterocycles. The van der Waals surface area contributed by atoms with Crippen molar-refractivity contribution in [3.05, 3.63) is 47.5 Å². The highest BCUT2D eigenvalue weighted by Gasteiger charge is 2.61. The van der Waals surface area contributed by atoms with Crippen molar-refractivity contribution < 1.29 is 29.0 Å². The SMILES string of the molecule is CC(C)(C)OC(=O)N[C@H]1CCCCC/C=C\[C@H]2C[C@@]2(C(=O)O)NC(=O)C2Cc3ccccc3CN2C1=O. The number of allylic oxidation sites excluding steroid dienone is 1. The number of benzene rings is 1. The number of ether oxygens (including phenoxy) is 1. The standard InChI is InChI=1S/C28H37N3O6/c1-27(2,3)37-26(36)29-21-14-8-6-4-5-7-13-20-16-28(20,25(34)35)30-23(32)22-15-18-11-9-10-12-19(18)17-31(22)24(21)33/h7,9-13,20-22H,4-6,8,14-17H2,1-3H3,(H,29,36)(H,30,32)(H,34,35)/b13-7-/t20-,21-,22?,28+/m0/s1. The quantitative estimate of drug-likeness (QED) is 0.523. The summed E-state index contributed by atoms with van der Waals surface area (Å²) in [6, 6.07) is 5.85. The number of carboxylic acid groups (broad SMARTS) is 1. The molecular weight excluding hydrogens is 474 g/mol. The van der Waals surface area contributed by atoms with E-state index in [-0.39, 0.29) is 24.8 Å². The summed E-state index contributed by atoms with van der Waals surface area (Å²) < 4.78 is 5.41. The van der Waals surface area contributed by atoms with Crippen molar-refractivity contribution in [2.24, 2.45) is 5.92 Å². The third-order valence-electron chi connectivity index (χ3n) is 7.30. The van der Waals surface area contributed by atoms with E-state index in [0.29, 0.717) is 19.3 Å². The number of hydrogen-bond acceptors (Lipinski definition) is 5. The lowest BCUT2D eigenvalue weighted by molar-refractivity contribution is -0.147.